The summed E-state index contributed by atoms with van der Waals surface area (Å²) in [6, 6.07) is -0.905. The molecular weight excluding hydrogens is 924 g/mol. The molecule has 0 aromatic carbocycles. The molecule has 0 aliphatic heterocycles. The highest BCUT2D eigenvalue weighted by Crippen LogP contribution is 2.38. The van der Waals surface area contributed by atoms with Crippen molar-refractivity contribution in [3.05, 3.63) is 60.8 Å². The molecule has 0 fully saturated rings. The van der Waals surface area contributed by atoms with Crippen LogP contribution in [0.15, 0.2) is 60.8 Å². The molecule has 3 atom stereocenters. The average Bonchev–Trinajstić information content (AvgIpc) is 3.35. The number of phosphoric acid groups is 1. The summed E-state index contributed by atoms with van der Waals surface area (Å²) >= 11 is 0. The molecular formula is C64H121N2O6P. The number of nitrogens with one attached hydrogen (secondary N) is 1. The van der Waals surface area contributed by atoms with E-state index in [1.807, 2.05) is 27.2 Å². The normalized spacial score (nSPS) is 14.2. The largest absolute Gasteiger partial charge is 0.756 e. The molecule has 0 spiro atoms. The quantitative estimate of drug-likeness (QED) is 0.0272. The Morgan fingerprint density at radius 2 is 0.808 bits per heavy atom. The van der Waals surface area contributed by atoms with Gasteiger partial charge in [-0.15, -0.1) is 0 Å². The molecule has 0 radical (unpaired) electrons. The lowest BCUT2D eigenvalue weighted by Gasteiger charge is -2.29. The number of allylic oxidation sites excluding steroid dienone is 9. The molecule has 0 aromatic rings. The first-order chi connectivity index (χ1) is 35.5. The van der Waals surface area contributed by atoms with Crippen LogP contribution in [0.5, 0.6) is 0 Å². The Bertz CT molecular complexity index is 1370. The maximum Gasteiger partial charge on any atom is 0.268 e. The van der Waals surface area contributed by atoms with E-state index in [1.54, 1.807) is 6.08 Å². The van der Waals surface area contributed by atoms with E-state index < -0.39 is 26.6 Å². The number of carbonyl (C=O) groups is 1. The van der Waals surface area contributed by atoms with Gasteiger partial charge in [-0.2, -0.15) is 0 Å². The fourth-order valence-electron chi connectivity index (χ4n) is 9.06. The van der Waals surface area contributed by atoms with Gasteiger partial charge in [0.1, 0.15) is 13.2 Å². The van der Waals surface area contributed by atoms with E-state index in [9.17, 15) is 19.4 Å². The topological polar surface area (TPSA) is 108 Å². The van der Waals surface area contributed by atoms with Crippen LogP contribution in [0.2, 0.25) is 0 Å². The number of rotatable bonds is 57. The molecule has 73 heavy (non-hydrogen) atoms. The second-order valence-corrected chi connectivity index (χ2v) is 23.8. The molecule has 0 aliphatic rings. The predicted molar refractivity (Wildman–Crippen MR) is 316 cm³/mol. The van der Waals surface area contributed by atoms with Crippen molar-refractivity contribution in [2.75, 3.05) is 40.9 Å². The number of hydrogen-bond donors (Lipinski definition) is 2. The molecule has 0 aromatic heterocycles. The highest BCUT2D eigenvalue weighted by atomic mass is 31.2. The summed E-state index contributed by atoms with van der Waals surface area (Å²) in [5.41, 5.74) is 0. The first kappa shape index (κ1) is 71.2. The maximum atomic E-state index is 13.0. The fourth-order valence-corrected chi connectivity index (χ4v) is 9.78. The molecule has 0 bridgehead atoms. The Kier molecular flexibility index (Phi) is 53.6. The van der Waals surface area contributed by atoms with Gasteiger partial charge in [0.2, 0.25) is 5.91 Å². The number of nitrogens with zero attached hydrogens (tertiary/aromatic N) is 1. The van der Waals surface area contributed by atoms with E-state index in [0.717, 1.165) is 51.4 Å². The van der Waals surface area contributed by atoms with Crippen molar-refractivity contribution in [3.63, 3.8) is 0 Å². The van der Waals surface area contributed by atoms with Gasteiger partial charge in [-0.05, 0) is 70.6 Å². The number of carbonyl (C=O) groups excluding carboxylic acids is 1. The van der Waals surface area contributed by atoms with Crippen molar-refractivity contribution < 1.29 is 32.9 Å². The van der Waals surface area contributed by atoms with Crippen LogP contribution in [0.25, 0.3) is 0 Å². The average molecular weight is 1050 g/mol. The van der Waals surface area contributed by atoms with Gasteiger partial charge in [-0.3, -0.25) is 9.36 Å². The van der Waals surface area contributed by atoms with Gasteiger partial charge in [-0.1, -0.05) is 274 Å². The molecule has 2 N–H and O–H groups in total. The minimum absolute atomic E-state index is 0.00688. The molecule has 0 aliphatic carbocycles. The minimum atomic E-state index is -4.61. The summed E-state index contributed by atoms with van der Waals surface area (Å²) in [5.74, 6) is -0.205. The lowest BCUT2D eigenvalue weighted by atomic mass is 10.0. The third-order valence-corrected chi connectivity index (χ3v) is 14.9. The van der Waals surface area contributed by atoms with Gasteiger partial charge >= 0.3 is 0 Å². The molecule has 0 saturated carbocycles. The van der Waals surface area contributed by atoms with E-state index in [2.05, 4.69) is 67.8 Å². The van der Waals surface area contributed by atoms with E-state index in [4.69, 9.17) is 9.05 Å². The first-order valence-electron chi connectivity index (χ1n) is 31.2. The number of amides is 1. The van der Waals surface area contributed by atoms with E-state index in [-0.39, 0.29) is 12.5 Å². The Labute approximate surface area is 453 Å². The van der Waals surface area contributed by atoms with E-state index in [1.165, 1.54) is 218 Å². The van der Waals surface area contributed by atoms with Crippen LogP contribution < -0.4 is 10.2 Å². The number of aliphatic hydroxyl groups is 1. The van der Waals surface area contributed by atoms with E-state index in [0.29, 0.717) is 17.4 Å². The zero-order valence-electron chi connectivity index (χ0n) is 48.8. The number of quaternary nitrogens is 1. The standard InChI is InChI=1S/C64H121N2O6P/c1-6-8-10-12-14-16-18-20-22-24-26-28-29-30-31-32-33-34-35-36-37-38-40-42-44-46-48-50-52-54-56-58-64(68)65-62(61-72-73(69,70)71-60-59-66(3,4)5)63(67)57-55-53-51-49-47-45-43-41-39-27-25-23-21-19-17-15-13-11-9-7-2/h18,20,24,26,29-30,47,49,55,57,62-63,67H,6-17,19,21-23,25,27-28,31-46,48,50-54,56,58-61H2,1-5H3,(H-,65,68,69,70)/b20-18-,26-24-,30-29-,49-47+,57-55+. The van der Waals surface area contributed by atoms with Crippen LogP contribution in [0.3, 0.4) is 0 Å². The summed E-state index contributed by atoms with van der Waals surface area (Å²) < 4.78 is 23.4. The second kappa shape index (κ2) is 55.0. The molecule has 428 valence electrons. The Balaban J connectivity index is 4.14. The summed E-state index contributed by atoms with van der Waals surface area (Å²) in [6.07, 6.45) is 74.6. The Morgan fingerprint density at radius 3 is 1.21 bits per heavy atom. The zero-order valence-corrected chi connectivity index (χ0v) is 49.7. The number of hydrogen-bond acceptors (Lipinski definition) is 6. The van der Waals surface area contributed by atoms with Crippen LogP contribution in [-0.4, -0.2) is 68.5 Å². The lowest BCUT2D eigenvalue weighted by molar-refractivity contribution is -0.870. The summed E-state index contributed by atoms with van der Waals surface area (Å²) in [7, 11) is 1.25. The van der Waals surface area contributed by atoms with Crippen LogP contribution in [0.1, 0.15) is 290 Å². The van der Waals surface area contributed by atoms with E-state index >= 15 is 0 Å². The zero-order chi connectivity index (χ0) is 53.5. The highest BCUT2D eigenvalue weighted by molar-refractivity contribution is 7.45. The molecule has 1 amide bonds. The van der Waals surface area contributed by atoms with Crippen LogP contribution in [0, 0.1) is 0 Å². The number of aliphatic hydroxyl groups excluding tert-OH is 1. The molecule has 8 nitrogen and oxygen atoms in total. The fraction of sp³-hybridized carbons (Fsp3) is 0.828. The van der Waals surface area contributed by atoms with Gasteiger partial charge in [-0.25, -0.2) is 0 Å². The summed E-state index contributed by atoms with van der Waals surface area (Å²) in [4.78, 5) is 25.5. The lowest BCUT2D eigenvalue weighted by Crippen LogP contribution is -2.45. The summed E-state index contributed by atoms with van der Waals surface area (Å²) in [6.45, 7) is 4.64. The second-order valence-electron chi connectivity index (χ2n) is 22.4. The van der Waals surface area contributed by atoms with Crippen molar-refractivity contribution in [3.8, 4) is 0 Å². The maximum absolute atomic E-state index is 13.0. The van der Waals surface area contributed by atoms with Crippen LogP contribution in [-0.2, 0) is 18.4 Å². The molecule has 3 unspecified atom stereocenters. The van der Waals surface area contributed by atoms with Crippen molar-refractivity contribution in [1.82, 2.24) is 5.32 Å². The number of phosphoric ester groups is 1. The monoisotopic (exact) mass is 1040 g/mol. The van der Waals surface area contributed by atoms with Crippen LogP contribution in [0.4, 0.5) is 0 Å². The Morgan fingerprint density at radius 1 is 0.479 bits per heavy atom. The molecule has 0 rings (SSSR count). The third kappa shape index (κ3) is 57.7. The van der Waals surface area contributed by atoms with Crippen molar-refractivity contribution >= 4 is 13.7 Å². The van der Waals surface area contributed by atoms with Gasteiger partial charge in [0.15, 0.2) is 0 Å². The molecule has 9 heteroatoms. The van der Waals surface area contributed by atoms with Crippen LogP contribution >= 0.6 is 7.82 Å². The minimum Gasteiger partial charge on any atom is -0.756 e. The molecule has 0 heterocycles. The Hall–Kier alpha value is -1.80. The highest BCUT2D eigenvalue weighted by Gasteiger charge is 2.23. The SMILES string of the molecule is CCCCCCC/C=C\C/C=C\C/C=C\CCCCCCCCCCCCCCCCCCC(=O)NC(COP(=O)([O-])OCC[N+](C)(C)C)C(O)/C=C/CC/C=C/CCCCCCCCCCCCCCCC. The summed E-state index contributed by atoms with van der Waals surface area (Å²) in [5, 5.41) is 13.9. The van der Waals surface area contributed by atoms with Crippen molar-refractivity contribution in [1.29, 1.82) is 0 Å². The number of unbranched alkanes of at least 4 members (excludes halogenated alkanes) is 36. The van der Waals surface area contributed by atoms with Gasteiger partial charge in [0, 0.05) is 6.42 Å². The van der Waals surface area contributed by atoms with Crippen molar-refractivity contribution in [2.24, 2.45) is 0 Å². The smallest absolute Gasteiger partial charge is 0.268 e. The number of likely N-dealkylation sites (N-methyl/N-ethyl adjacent to an activating group) is 1. The first-order valence-corrected chi connectivity index (χ1v) is 32.6. The van der Waals surface area contributed by atoms with Gasteiger partial charge < -0.3 is 28.8 Å². The van der Waals surface area contributed by atoms with Crippen molar-refractivity contribution in [2.45, 2.75) is 302 Å². The van der Waals surface area contributed by atoms with Gasteiger partial charge in [0.25, 0.3) is 7.82 Å². The van der Waals surface area contributed by atoms with Gasteiger partial charge in [0.05, 0.1) is 39.9 Å². The third-order valence-electron chi connectivity index (χ3n) is 13.9. The predicted octanol–water partition coefficient (Wildman–Crippen LogP) is 18.6. The molecule has 0 saturated heterocycles.